The number of nitrogens with one attached hydrogen (secondary N) is 1. The Balaban J connectivity index is 1.75. The molecule has 0 spiro atoms. The zero-order valence-electron chi connectivity index (χ0n) is 17.6. The van der Waals surface area contributed by atoms with Crippen molar-refractivity contribution < 1.29 is 24.0 Å². The van der Waals surface area contributed by atoms with Crippen molar-refractivity contribution >= 4 is 17.6 Å². The van der Waals surface area contributed by atoms with Gasteiger partial charge in [-0.3, -0.25) is 4.79 Å². The van der Waals surface area contributed by atoms with E-state index in [4.69, 9.17) is 14.5 Å². The van der Waals surface area contributed by atoms with Gasteiger partial charge in [-0.15, -0.1) is 0 Å². The highest BCUT2D eigenvalue weighted by Gasteiger charge is 2.19. The van der Waals surface area contributed by atoms with Crippen LogP contribution in [0.2, 0.25) is 0 Å². The number of anilines is 1. The fraction of sp³-hybridized carbons (Fsp3) is 0.250. The molecule has 0 unspecified atom stereocenters. The van der Waals surface area contributed by atoms with E-state index in [0.29, 0.717) is 23.7 Å². The Bertz CT molecular complexity index is 1150. The van der Waals surface area contributed by atoms with Crippen LogP contribution in [0.1, 0.15) is 59.0 Å². The summed E-state index contributed by atoms with van der Waals surface area (Å²) in [6.07, 6.45) is 4.35. The van der Waals surface area contributed by atoms with E-state index in [1.807, 2.05) is 30.3 Å². The summed E-state index contributed by atoms with van der Waals surface area (Å²) in [5.74, 6) is -0.904. The van der Waals surface area contributed by atoms with Crippen LogP contribution in [0.25, 0.3) is 11.3 Å². The van der Waals surface area contributed by atoms with E-state index in [0.717, 1.165) is 25.7 Å². The highest BCUT2D eigenvalue weighted by atomic mass is 16.5. The molecule has 0 radical (unpaired) electrons. The lowest BCUT2D eigenvalue weighted by Gasteiger charge is -2.09. The van der Waals surface area contributed by atoms with Crippen molar-refractivity contribution in [3.63, 3.8) is 0 Å². The van der Waals surface area contributed by atoms with Gasteiger partial charge in [0.25, 0.3) is 5.91 Å². The molecule has 1 heterocycles. The third kappa shape index (κ3) is 5.52. The van der Waals surface area contributed by atoms with Crippen LogP contribution < -0.4 is 10.1 Å². The number of carboxylic acids is 1. The Hall–Kier alpha value is -4.12. The van der Waals surface area contributed by atoms with Crippen LogP contribution in [0, 0.1) is 11.3 Å². The van der Waals surface area contributed by atoms with Crippen molar-refractivity contribution in [3.8, 4) is 23.1 Å². The molecule has 1 amide bonds. The van der Waals surface area contributed by atoms with Crippen LogP contribution in [0.4, 0.5) is 5.69 Å². The molecule has 8 heteroatoms. The van der Waals surface area contributed by atoms with Gasteiger partial charge >= 0.3 is 5.97 Å². The van der Waals surface area contributed by atoms with Crippen LogP contribution in [-0.4, -0.2) is 28.7 Å². The lowest BCUT2D eigenvalue weighted by atomic mass is 10.1. The summed E-state index contributed by atoms with van der Waals surface area (Å²) in [6.45, 7) is 2.73. The molecule has 164 valence electrons. The van der Waals surface area contributed by atoms with E-state index in [-0.39, 0.29) is 22.5 Å². The minimum Gasteiger partial charge on any atom is -0.493 e. The molecule has 0 fully saturated rings. The Morgan fingerprint density at radius 1 is 1.16 bits per heavy atom. The second-order valence-electron chi connectivity index (χ2n) is 7.11. The van der Waals surface area contributed by atoms with Crippen molar-refractivity contribution in [1.29, 1.82) is 5.26 Å². The number of aromatic nitrogens is 1. The number of rotatable bonds is 10. The number of hydrogen-bond acceptors (Lipinski definition) is 6. The van der Waals surface area contributed by atoms with Gasteiger partial charge in [-0.1, -0.05) is 43.5 Å². The van der Waals surface area contributed by atoms with Crippen molar-refractivity contribution in [3.05, 3.63) is 65.4 Å². The Kier molecular flexibility index (Phi) is 7.60. The third-order valence-corrected chi connectivity index (χ3v) is 4.78. The van der Waals surface area contributed by atoms with E-state index in [1.54, 1.807) is 0 Å². The predicted octanol–water partition coefficient (Wildman–Crippen LogP) is 5.12. The van der Waals surface area contributed by atoms with Gasteiger partial charge < -0.3 is 19.7 Å². The first-order valence-electron chi connectivity index (χ1n) is 10.3. The normalized spacial score (nSPS) is 10.4. The average molecular weight is 433 g/mol. The number of carbonyl (C=O) groups excluding carboxylic acids is 1. The van der Waals surface area contributed by atoms with Gasteiger partial charge in [0.2, 0.25) is 0 Å². The molecule has 2 aromatic carbocycles. The van der Waals surface area contributed by atoms with Crippen molar-refractivity contribution in [1.82, 2.24) is 5.16 Å². The molecule has 8 nitrogen and oxygen atoms in total. The largest absolute Gasteiger partial charge is 0.493 e. The average Bonchev–Trinajstić information content (AvgIpc) is 3.29. The summed E-state index contributed by atoms with van der Waals surface area (Å²) in [5.41, 5.74) is 0.692. The number of amides is 1. The number of nitriles is 1. The number of hydrogen-bond donors (Lipinski definition) is 2. The number of para-hydroxylation sites is 1. The summed E-state index contributed by atoms with van der Waals surface area (Å²) in [7, 11) is 0. The summed E-state index contributed by atoms with van der Waals surface area (Å²) in [5, 5.41) is 24.6. The minimum atomic E-state index is -1.26. The number of aromatic carboxylic acids is 1. The summed E-state index contributed by atoms with van der Waals surface area (Å²) in [4.78, 5) is 24.1. The SMILES string of the molecule is CCCCCCOc1ccccc1-c1cc(C(=O)Nc2ccc(C#N)cc2C(=O)O)no1. The van der Waals surface area contributed by atoms with Gasteiger partial charge in [0.1, 0.15) is 5.75 Å². The highest BCUT2D eigenvalue weighted by molar-refractivity contribution is 6.07. The van der Waals surface area contributed by atoms with E-state index in [1.165, 1.54) is 24.3 Å². The molecule has 0 aliphatic rings. The van der Waals surface area contributed by atoms with E-state index < -0.39 is 11.9 Å². The monoisotopic (exact) mass is 433 g/mol. The lowest BCUT2D eigenvalue weighted by Crippen LogP contribution is -2.15. The Morgan fingerprint density at radius 3 is 2.72 bits per heavy atom. The zero-order chi connectivity index (χ0) is 22.9. The summed E-state index contributed by atoms with van der Waals surface area (Å²) in [6, 6.07) is 14.6. The quantitative estimate of drug-likeness (QED) is 0.425. The molecular weight excluding hydrogens is 410 g/mol. The zero-order valence-corrected chi connectivity index (χ0v) is 17.6. The number of unbranched alkanes of at least 4 members (excludes halogenated alkanes) is 3. The van der Waals surface area contributed by atoms with E-state index in [9.17, 15) is 14.7 Å². The van der Waals surface area contributed by atoms with Gasteiger partial charge in [-0.25, -0.2) is 4.79 Å². The van der Waals surface area contributed by atoms with Crippen LogP contribution >= 0.6 is 0 Å². The molecule has 3 rings (SSSR count). The smallest absolute Gasteiger partial charge is 0.337 e. The minimum absolute atomic E-state index is 0.0153. The maximum atomic E-state index is 12.6. The van der Waals surface area contributed by atoms with Gasteiger partial charge in [0.15, 0.2) is 11.5 Å². The van der Waals surface area contributed by atoms with Gasteiger partial charge in [-0.2, -0.15) is 5.26 Å². The molecule has 2 N–H and O–H groups in total. The highest BCUT2D eigenvalue weighted by Crippen LogP contribution is 2.31. The van der Waals surface area contributed by atoms with Crippen molar-refractivity contribution in [2.24, 2.45) is 0 Å². The topological polar surface area (TPSA) is 125 Å². The van der Waals surface area contributed by atoms with Gasteiger partial charge in [-0.05, 0) is 36.8 Å². The molecule has 1 aromatic heterocycles. The fourth-order valence-electron chi connectivity index (χ4n) is 3.10. The summed E-state index contributed by atoms with van der Waals surface area (Å²) >= 11 is 0. The van der Waals surface area contributed by atoms with Crippen molar-refractivity contribution in [2.45, 2.75) is 32.6 Å². The molecular formula is C24H23N3O5. The molecule has 0 aliphatic carbocycles. The van der Waals surface area contributed by atoms with E-state index >= 15 is 0 Å². The molecule has 0 saturated carbocycles. The first-order valence-corrected chi connectivity index (χ1v) is 10.3. The second kappa shape index (κ2) is 10.8. The number of benzene rings is 2. The van der Waals surface area contributed by atoms with Crippen LogP contribution in [0.3, 0.4) is 0 Å². The number of nitrogens with zero attached hydrogens (tertiary/aromatic N) is 2. The van der Waals surface area contributed by atoms with Crippen LogP contribution in [-0.2, 0) is 0 Å². The van der Waals surface area contributed by atoms with Crippen LogP contribution in [0.15, 0.2) is 53.1 Å². The summed E-state index contributed by atoms with van der Waals surface area (Å²) < 4.78 is 11.2. The Morgan fingerprint density at radius 2 is 1.97 bits per heavy atom. The first-order chi connectivity index (χ1) is 15.5. The fourth-order valence-corrected chi connectivity index (χ4v) is 3.10. The maximum Gasteiger partial charge on any atom is 0.337 e. The standard InChI is InChI=1S/C24H23N3O5/c1-2-3-4-7-12-31-21-9-6-5-8-17(21)22-14-20(27-32-22)23(28)26-19-11-10-16(15-25)13-18(19)24(29)30/h5-6,8-11,13-14H,2-4,7,12H2,1H3,(H,26,28)(H,29,30). The molecule has 32 heavy (non-hydrogen) atoms. The molecule has 0 saturated heterocycles. The molecule has 0 bridgehead atoms. The molecule has 0 atom stereocenters. The second-order valence-corrected chi connectivity index (χ2v) is 7.11. The van der Waals surface area contributed by atoms with Crippen LogP contribution in [0.5, 0.6) is 5.75 Å². The van der Waals surface area contributed by atoms with Gasteiger partial charge in [0, 0.05) is 6.07 Å². The maximum absolute atomic E-state index is 12.6. The predicted molar refractivity (Wildman–Crippen MR) is 118 cm³/mol. The Labute approximate surface area is 185 Å². The molecule has 3 aromatic rings. The lowest BCUT2D eigenvalue weighted by molar-refractivity contribution is 0.0698. The number of carboxylic acid groups (broad SMARTS) is 1. The molecule has 0 aliphatic heterocycles. The first kappa shape index (κ1) is 22.6. The number of carbonyl (C=O) groups is 2. The number of ether oxygens (including phenoxy) is 1. The van der Waals surface area contributed by atoms with Gasteiger partial charge in [0.05, 0.1) is 35.1 Å². The van der Waals surface area contributed by atoms with E-state index in [2.05, 4.69) is 17.4 Å². The third-order valence-electron chi connectivity index (χ3n) is 4.78. The van der Waals surface area contributed by atoms with Crippen molar-refractivity contribution in [2.75, 3.05) is 11.9 Å².